The molecule has 0 amide bonds. The molecule has 0 spiro atoms. The number of aliphatic hydroxyl groups excluding tert-OH is 1. The minimum Gasteiger partial charge on any atom is -0.396 e. The third-order valence-electron chi connectivity index (χ3n) is 5.73. The Morgan fingerprint density at radius 3 is 2.56 bits per heavy atom. The first-order valence-corrected chi connectivity index (χ1v) is 12.2. The van der Waals surface area contributed by atoms with Gasteiger partial charge in [-0.15, -0.1) is 0 Å². The molecule has 1 aliphatic carbocycles. The second-order valence-electron chi connectivity index (χ2n) is 8.95. The first-order valence-electron chi connectivity index (χ1n) is 10.8. The van der Waals surface area contributed by atoms with E-state index in [1.807, 2.05) is 6.07 Å². The molecule has 2 heterocycles. The van der Waals surface area contributed by atoms with Crippen LogP contribution in [0.5, 0.6) is 0 Å². The second kappa shape index (κ2) is 8.91. The van der Waals surface area contributed by atoms with Gasteiger partial charge in [0.05, 0.1) is 4.90 Å². The summed E-state index contributed by atoms with van der Waals surface area (Å²) in [5.74, 6) is 1.90. The van der Waals surface area contributed by atoms with Crippen LogP contribution in [0.2, 0.25) is 0 Å². The lowest BCUT2D eigenvalue weighted by Crippen LogP contribution is -2.33. The predicted octanol–water partition coefficient (Wildman–Crippen LogP) is 4.03. The van der Waals surface area contributed by atoms with Gasteiger partial charge in [-0.05, 0) is 48.9 Å². The van der Waals surface area contributed by atoms with Gasteiger partial charge in [-0.2, -0.15) is 5.10 Å². The lowest BCUT2D eigenvalue weighted by Gasteiger charge is -2.42. The Morgan fingerprint density at radius 1 is 1.12 bits per heavy atom. The van der Waals surface area contributed by atoms with Crippen LogP contribution in [0.1, 0.15) is 44.7 Å². The van der Waals surface area contributed by atoms with Gasteiger partial charge in [0.2, 0.25) is 0 Å². The number of hydrogen-bond acceptors (Lipinski definition) is 6. The average Bonchev–Trinajstić information content (AvgIpc) is 3.21. The highest BCUT2D eigenvalue weighted by atomic mass is 32.2. The van der Waals surface area contributed by atoms with Crippen LogP contribution in [0.4, 0.5) is 17.5 Å². The van der Waals surface area contributed by atoms with Crippen LogP contribution < -0.4 is 9.62 Å². The smallest absolute Gasteiger partial charge is 0.265 e. The molecule has 0 atom stereocenters. The Kier molecular flexibility index (Phi) is 6.21. The number of hydrogen-bond donors (Lipinski definition) is 3. The summed E-state index contributed by atoms with van der Waals surface area (Å²) < 4.78 is 27.7. The summed E-state index contributed by atoms with van der Waals surface area (Å²) in [4.78, 5) is 4.70. The van der Waals surface area contributed by atoms with E-state index in [0.29, 0.717) is 29.4 Å². The molecule has 3 aromatic rings. The van der Waals surface area contributed by atoms with E-state index in [4.69, 9.17) is 0 Å². The van der Waals surface area contributed by atoms with E-state index in [-0.39, 0.29) is 23.9 Å². The monoisotopic (exact) mass is 455 g/mol. The van der Waals surface area contributed by atoms with Crippen molar-refractivity contribution in [3.05, 3.63) is 60.3 Å². The van der Waals surface area contributed by atoms with E-state index in [9.17, 15) is 13.5 Å². The minimum atomic E-state index is -3.82. The number of anilines is 3. The number of sulfonamides is 1. The quantitative estimate of drug-likeness (QED) is 0.449. The number of aromatic amines is 1. The van der Waals surface area contributed by atoms with Crippen molar-refractivity contribution < 1.29 is 13.5 Å². The van der Waals surface area contributed by atoms with Crippen molar-refractivity contribution in [2.45, 2.75) is 43.9 Å². The second-order valence-corrected chi connectivity index (χ2v) is 10.8. The molecular formula is C23H29N5O3S. The molecule has 1 aromatic carbocycles. The highest BCUT2D eigenvalue weighted by Crippen LogP contribution is 2.50. The zero-order valence-corrected chi connectivity index (χ0v) is 19.1. The van der Waals surface area contributed by atoms with Gasteiger partial charge in [-0.25, -0.2) is 17.7 Å². The van der Waals surface area contributed by atoms with E-state index in [1.54, 1.807) is 48.5 Å². The maximum atomic E-state index is 13.2. The first kappa shape index (κ1) is 22.3. The number of aliphatic hydroxyl groups is 1. The standard InChI is InChI=1S/C23H29N5O3S/c1-23(2)15-17(16-23)19-14-21(27-26-19)24-20-10-6-11-22(25-20)28(12-7-13-29)32(30,31)18-8-4-3-5-9-18/h3-6,8-11,14,17,29H,7,12-13,15-16H2,1-2H3,(H2,24,25,26,27). The molecule has 170 valence electrons. The molecule has 1 fully saturated rings. The van der Waals surface area contributed by atoms with Crippen molar-refractivity contribution in [2.75, 3.05) is 22.8 Å². The normalized spacial score (nSPS) is 15.8. The molecule has 1 aliphatic rings. The lowest BCUT2D eigenvalue weighted by atomic mass is 9.63. The van der Waals surface area contributed by atoms with Crippen LogP contribution in [0, 0.1) is 5.41 Å². The molecule has 0 saturated heterocycles. The molecule has 1 saturated carbocycles. The number of H-pyrrole nitrogens is 1. The Balaban J connectivity index is 1.55. The summed E-state index contributed by atoms with van der Waals surface area (Å²) in [6, 6.07) is 15.4. The topological polar surface area (TPSA) is 111 Å². The fraction of sp³-hybridized carbons (Fsp3) is 0.391. The van der Waals surface area contributed by atoms with Crippen LogP contribution in [-0.4, -0.2) is 41.9 Å². The van der Waals surface area contributed by atoms with Gasteiger partial charge in [0.25, 0.3) is 10.0 Å². The van der Waals surface area contributed by atoms with Crippen molar-refractivity contribution in [3.63, 3.8) is 0 Å². The lowest BCUT2D eigenvalue weighted by molar-refractivity contribution is 0.148. The first-order chi connectivity index (χ1) is 15.3. The SMILES string of the molecule is CC1(C)CC(c2cc(Nc3cccc(N(CCCO)S(=O)(=O)c4ccccc4)n3)n[nH]2)C1. The highest BCUT2D eigenvalue weighted by molar-refractivity contribution is 7.92. The molecule has 0 aliphatic heterocycles. The fourth-order valence-electron chi connectivity index (χ4n) is 4.16. The number of rotatable bonds is 9. The minimum absolute atomic E-state index is 0.118. The van der Waals surface area contributed by atoms with E-state index in [1.165, 1.54) is 4.31 Å². The summed E-state index contributed by atoms with van der Waals surface area (Å²) in [6.45, 7) is 4.53. The van der Waals surface area contributed by atoms with E-state index in [0.717, 1.165) is 18.5 Å². The van der Waals surface area contributed by atoms with Gasteiger partial charge in [0.1, 0.15) is 11.6 Å². The van der Waals surface area contributed by atoms with Gasteiger partial charge in [0.15, 0.2) is 5.82 Å². The number of nitrogens with one attached hydrogen (secondary N) is 2. The molecule has 4 rings (SSSR count). The van der Waals surface area contributed by atoms with Crippen LogP contribution >= 0.6 is 0 Å². The van der Waals surface area contributed by atoms with Gasteiger partial charge in [0, 0.05) is 30.8 Å². The summed E-state index contributed by atoms with van der Waals surface area (Å²) in [5.41, 5.74) is 1.47. The highest BCUT2D eigenvalue weighted by Gasteiger charge is 2.37. The predicted molar refractivity (Wildman–Crippen MR) is 125 cm³/mol. The molecule has 0 bridgehead atoms. The van der Waals surface area contributed by atoms with Crippen LogP contribution in [0.3, 0.4) is 0 Å². The molecule has 0 unspecified atom stereocenters. The molecule has 8 nitrogen and oxygen atoms in total. The van der Waals surface area contributed by atoms with Gasteiger partial charge < -0.3 is 10.4 Å². The van der Waals surface area contributed by atoms with Crippen molar-refractivity contribution >= 4 is 27.5 Å². The van der Waals surface area contributed by atoms with Gasteiger partial charge >= 0.3 is 0 Å². The Hall–Kier alpha value is -2.91. The maximum absolute atomic E-state index is 13.2. The fourth-order valence-corrected chi connectivity index (χ4v) is 5.63. The van der Waals surface area contributed by atoms with Gasteiger partial charge in [-0.1, -0.05) is 38.1 Å². The van der Waals surface area contributed by atoms with Crippen molar-refractivity contribution in [1.29, 1.82) is 0 Å². The molecule has 0 radical (unpaired) electrons. The third-order valence-corrected chi connectivity index (χ3v) is 7.55. The summed E-state index contributed by atoms with van der Waals surface area (Å²) >= 11 is 0. The largest absolute Gasteiger partial charge is 0.396 e. The number of aromatic nitrogens is 3. The Morgan fingerprint density at radius 2 is 1.88 bits per heavy atom. The van der Waals surface area contributed by atoms with E-state index in [2.05, 4.69) is 34.3 Å². The van der Waals surface area contributed by atoms with Gasteiger partial charge in [-0.3, -0.25) is 5.10 Å². The molecule has 9 heteroatoms. The zero-order chi connectivity index (χ0) is 22.8. The Bertz CT molecular complexity index is 1150. The molecule has 32 heavy (non-hydrogen) atoms. The molecular weight excluding hydrogens is 426 g/mol. The van der Waals surface area contributed by atoms with Crippen molar-refractivity contribution in [3.8, 4) is 0 Å². The van der Waals surface area contributed by atoms with E-state index >= 15 is 0 Å². The molecule has 2 aromatic heterocycles. The van der Waals surface area contributed by atoms with E-state index < -0.39 is 10.0 Å². The maximum Gasteiger partial charge on any atom is 0.265 e. The summed E-state index contributed by atoms with van der Waals surface area (Å²) in [7, 11) is -3.82. The zero-order valence-electron chi connectivity index (χ0n) is 18.3. The average molecular weight is 456 g/mol. The number of nitrogens with zero attached hydrogens (tertiary/aromatic N) is 3. The number of pyridine rings is 1. The number of benzene rings is 1. The van der Waals surface area contributed by atoms with Crippen molar-refractivity contribution in [1.82, 2.24) is 15.2 Å². The summed E-state index contributed by atoms with van der Waals surface area (Å²) in [5, 5.41) is 19.9. The Labute approximate surface area is 188 Å². The van der Waals surface area contributed by atoms with Crippen LogP contribution in [0.15, 0.2) is 59.5 Å². The third kappa shape index (κ3) is 4.78. The van der Waals surface area contributed by atoms with Crippen LogP contribution in [0.25, 0.3) is 0 Å². The van der Waals surface area contributed by atoms with Crippen molar-refractivity contribution in [2.24, 2.45) is 5.41 Å². The van der Waals surface area contributed by atoms with Crippen LogP contribution in [-0.2, 0) is 10.0 Å². The summed E-state index contributed by atoms with van der Waals surface area (Å²) in [6.07, 6.45) is 2.55. The molecule has 3 N–H and O–H groups in total.